The minimum atomic E-state index is -0.207. The highest BCUT2D eigenvalue weighted by atomic mass is 32.1. The molecule has 0 spiro atoms. The third-order valence-corrected chi connectivity index (χ3v) is 3.34. The number of benzene rings is 1. The van der Waals surface area contributed by atoms with Gasteiger partial charge in [-0.15, -0.1) is 11.3 Å². The molecule has 0 atom stereocenters. The number of thiophene rings is 1. The quantitative estimate of drug-likeness (QED) is 0.827. The van der Waals surface area contributed by atoms with Gasteiger partial charge in [0.15, 0.2) is 0 Å². The molecule has 1 aromatic carbocycles. The van der Waals surface area contributed by atoms with Crippen LogP contribution in [0.15, 0.2) is 29.6 Å². The summed E-state index contributed by atoms with van der Waals surface area (Å²) in [6.45, 7) is 2.53. The van der Waals surface area contributed by atoms with E-state index in [0.29, 0.717) is 6.54 Å². The lowest BCUT2D eigenvalue weighted by Gasteiger charge is -2.04. The smallest absolute Gasteiger partial charge is 0.123 e. The summed E-state index contributed by atoms with van der Waals surface area (Å²) >= 11 is 1.65. The van der Waals surface area contributed by atoms with Gasteiger partial charge in [-0.2, -0.15) is 0 Å². The Morgan fingerprint density at radius 1 is 1.40 bits per heavy atom. The van der Waals surface area contributed by atoms with E-state index in [0.717, 1.165) is 16.7 Å². The van der Waals surface area contributed by atoms with Gasteiger partial charge in [0.2, 0.25) is 0 Å². The predicted molar refractivity (Wildman–Crippen MR) is 62.3 cm³/mol. The van der Waals surface area contributed by atoms with E-state index in [1.54, 1.807) is 23.5 Å². The molecule has 1 heterocycles. The molecule has 0 saturated carbocycles. The third kappa shape index (κ3) is 1.94. The van der Waals surface area contributed by atoms with E-state index in [1.165, 1.54) is 10.9 Å². The van der Waals surface area contributed by atoms with Crippen LogP contribution in [0.1, 0.15) is 10.4 Å². The maximum Gasteiger partial charge on any atom is 0.123 e. The molecule has 0 aliphatic heterocycles. The van der Waals surface area contributed by atoms with Crippen molar-refractivity contribution in [2.24, 2.45) is 5.73 Å². The molecular formula is C12H12FNS. The minimum absolute atomic E-state index is 0.207. The van der Waals surface area contributed by atoms with Crippen molar-refractivity contribution in [3.05, 3.63) is 45.9 Å². The first-order valence-electron chi connectivity index (χ1n) is 4.75. The molecule has 2 rings (SSSR count). The number of aryl methyl sites for hydroxylation is 1. The van der Waals surface area contributed by atoms with Crippen LogP contribution in [-0.4, -0.2) is 0 Å². The maximum atomic E-state index is 13.1. The highest BCUT2D eigenvalue weighted by molar-refractivity contribution is 7.10. The van der Waals surface area contributed by atoms with Crippen LogP contribution < -0.4 is 5.73 Å². The molecule has 3 heteroatoms. The summed E-state index contributed by atoms with van der Waals surface area (Å²) in [5, 5.41) is 2.04. The number of hydrogen-bond acceptors (Lipinski definition) is 2. The van der Waals surface area contributed by atoms with E-state index in [-0.39, 0.29) is 5.82 Å². The lowest BCUT2D eigenvalue weighted by molar-refractivity contribution is 0.628. The second kappa shape index (κ2) is 4.13. The Morgan fingerprint density at radius 2 is 2.20 bits per heavy atom. The second-order valence-corrected chi connectivity index (χ2v) is 4.49. The highest BCUT2D eigenvalue weighted by Gasteiger charge is 2.09. The zero-order valence-corrected chi connectivity index (χ0v) is 9.27. The van der Waals surface area contributed by atoms with Crippen LogP contribution in [0.5, 0.6) is 0 Å². The van der Waals surface area contributed by atoms with Gasteiger partial charge in [-0.25, -0.2) is 4.39 Å². The lowest BCUT2D eigenvalue weighted by atomic mass is 10.0. The molecular weight excluding hydrogens is 209 g/mol. The van der Waals surface area contributed by atoms with Gasteiger partial charge < -0.3 is 5.73 Å². The van der Waals surface area contributed by atoms with Crippen molar-refractivity contribution in [2.45, 2.75) is 13.5 Å². The van der Waals surface area contributed by atoms with Gasteiger partial charge in [-0.1, -0.05) is 12.1 Å². The maximum absolute atomic E-state index is 13.1. The Kier molecular flexibility index (Phi) is 2.84. The summed E-state index contributed by atoms with van der Waals surface area (Å²) in [5.41, 5.74) is 8.73. The van der Waals surface area contributed by atoms with Crippen molar-refractivity contribution < 1.29 is 4.39 Å². The topological polar surface area (TPSA) is 26.0 Å². The fourth-order valence-corrected chi connectivity index (χ4v) is 2.59. The molecule has 0 unspecified atom stereocenters. The average molecular weight is 221 g/mol. The molecule has 0 radical (unpaired) electrons. The fraction of sp³-hybridized carbons (Fsp3) is 0.167. The number of rotatable bonds is 2. The van der Waals surface area contributed by atoms with Crippen LogP contribution in [0.25, 0.3) is 11.1 Å². The second-order valence-electron chi connectivity index (χ2n) is 3.41. The van der Waals surface area contributed by atoms with Crippen molar-refractivity contribution in [3.8, 4) is 11.1 Å². The van der Waals surface area contributed by atoms with Gasteiger partial charge in [0, 0.05) is 11.4 Å². The van der Waals surface area contributed by atoms with E-state index in [2.05, 4.69) is 0 Å². The Hall–Kier alpha value is -1.19. The van der Waals surface area contributed by atoms with Crippen molar-refractivity contribution in [2.75, 3.05) is 0 Å². The number of halogens is 1. The Balaban J connectivity index is 2.57. The molecule has 0 aliphatic rings. The molecule has 0 amide bonds. The Morgan fingerprint density at radius 3 is 2.87 bits per heavy atom. The van der Waals surface area contributed by atoms with E-state index in [9.17, 15) is 4.39 Å². The fourth-order valence-electron chi connectivity index (χ4n) is 1.69. The van der Waals surface area contributed by atoms with Gasteiger partial charge >= 0.3 is 0 Å². The van der Waals surface area contributed by atoms with Crippen molar-refractivity contribution in [1.82, 2.24) is 0 Å². The number of hydrogen-bond donors (Lipinski definition) is 1. The Bertz CT molecular complexity index is 476. The molecule has 15 heavy (non-hydrogen) atoms. The summed E-state index contributed by atoms with van der Waals surface area (Å²) in [6, 6.07) is 6.64. The molecule has 2 N–H and O–H groups in total. The highest BCUT2D eigenvalue weighted by Crippen LogP contribution is 2.32. The zero-order chi connectivity index (χ0) is 10.8. The normalized spacial score (nSPS) is 10.6. The summed E-state index contributed by atoms with van der Waals surface area (Å²) in [7, 11) is 0. The van der Waals surface area contributed by atoms with Gasteiger partial charge in [-0.05, 0) is 41.1 Å². The van der Waals surface area contributed by atoms with Crippen LogP contribution >= 0.6 is 11.3 Å². The average Bonchev–Trinajstić information content (AvgIpc) is 2.59. The van der Waals surface area contributed by atoms with Gasteiger partial charge in [0.05, 0.1) is 0 Å². The van der Waals surface area contributed by atoms with E-state index < -0.39 is 0 Å². The predicted octanol–water partition coefficient (Wildman–Crippen LogP) is 3.32. The summed E-state index contributed by atoms with van der Waals surface area (Å²) in [6.07, 6.45) is 0. The standard InChI is InChI=1S/C12H12FNS/c1-8-12(10(6-14)7-15-8)9-3-2-4-11(13)5-9/h2-5,7H,6,14H2,1H3. The Labute approximate surface area is 92.4 Å². The first-order chi connectivity index (χ1) is 7.22. The third-order valence-electron chi connectivity index (χ3n) is 2.38. The number of nitrogens with two attached hydrogens (primary N) is 1. The first-order valence-corrected chi connectivity index (χ1v) is 5.63. The molecule has 0 bridgehead atoms. The summed E-state index contributed by atoms with van der Waals surface area (Å²) < 4.78 is 13.1. The van der Waals surface area contributed by atoms with E-state index >= 15 is 0 Å². The van der Waals surface area contributed by atoms with Gasteiger partial charge in [0.25, 0.3) is 0 Å². The SMILES string of the molecule is Cc1scc(CN)c1-c1cccc(F)c1. The van der Waals surface area contributed by atoms with Crippen molar-refractivity contribution in [1.29, 1.82) is 0 Å². The molecule has 1 nitrogen and oxygen atoms in total. The first kappa shape index (κ1) is 10.3. The van der Waals surface area contributed by atoms with Crippen molar-refractivity contribution >= 4 is 11.3 Å². The monoisotopic (exact) mass is 221 g/mol. The van der Waals surface area contributed by atoms with Crippen LogP contribution in [0.3, 0.4) is 0 Å². The molecule has 0 saturated heterocycles. The van der Waals surface area contributed by atoms with Crippen LogP contribution in [0, 0.1) is 12.7 Å². The van der Waals surface area contributed by atoms with E-state index in [4.69, 9.17) is 5.73 Å². The molecule has 2 aromatic rings. The zero-order valence-electron chi connectivity index (χ0n) is 8.46. The molecule has 0 fully saturated rings. The van der Waals surface area contributed by atoms with E-state index in [1.807, 2.05) is 18.4 Å². The molecule has 78 valence electrons. The van der Waals surface area contributed by atoms with Crippen molar-refractivity contribution in [3.63, 3.8) is 0 Å². The molecule has 0 aliphatic carbocycles. The van der Waals surface area contributed by atoms with Gasteiger partial charge in [-0.3, -0.25) is 0 Å². The van der Waals surface area contributed by atoms with Crippen LogP contribution in [-0.2, 0) is 6.54 Å². The molecule has 1 aromatic heterocycles. The summed E-state index contributed by atoms with van der Waals surface area (Å²) in [5.74, 6) is -0.207. The van der Waals surface area contributed by atoms with Gasteiger partial charge in [0.1, 0.15) is 5.82 Å². The van der Waals surface area contributed by atoms with Crippen LogP contribution in [0.2, 0.25) is 0 Å². The minimum Gasteiger partial charge on any atom is -0.326 e. The lowest BCUT2D eigenvalue weighted by Crippen LogP contribution is -1.96. The van der Waals surface area contributed by atoms with Crippen LogP contribution in [0.4, 0.5) is 4.39 Å². The largest absolute Gasteiger partial charge is 0.326 e. The summed E-state index contributed by atoms with van der Waals surface area (Å²) in [4.78, 5) is 1.18.